The van der Waals surface area contributed by atoms with Gasteiger partial charge in [-0.3, -0.25) is 9.78 Å². The Morgan fingerprint density at radius 1 is 1.21 bits per heavy atom. The number of pyridine rings is 1. The Labute approximate surface area is 166 Å². The van der Waals surface area contributed by atoms with Crippen molar-refractivity contribution in [3.05, 3.63) is 57.9 Å². The maximum atomic E-state index is 14.0. The number of aromatic amines is 2. The van der Waals surface area contributed by atoms with Crippen LogP contribution in [0.1, 0.15) is 28.9 Å². The summed E-state index contributed by atoms with van der Waals surface area (Å²) in [6.45, 7) is 5.38. The van der Waals surface area contributed by atoms with E-state index in [0.717, 1.165) is 37.4 Å². The van der Waals surface area contributed by atoms with E-state index in [1.54, 1.807) is 12.1 Å². The Kier molecular flexibility index (Phi) is 5.06. The van der Waals surface area contributed by atoms with Crippen LogP contribution < -0.4 is 15.9 Å². The third kappa shape index (κ3) is 4.00. The van der Waals surface area contributed by atoms with E-state index < -0.39 is 6.04 Å². The number of benzene rings is 1. The first kappa shape index (κ1) is 19.1. The third-order valence-electron chi connectivity index (χ3n) is 5.28. The molecule has 0 spiro atoms. The second-order valence-corrected chi connectivity index (χ2v) is 7.39. The number of H-pyrrole nitrogens is 2. The number of rotatable bonds is 4. The summed E-state index contributed by atoms with van der Waals surface area (Å²) in [7, 11) is 2.08. The first-order valence-corrected chi connectivity index (χ1v) is 9.52. The fourth-order valence-corrected chi connectivity index (χ4v) is 3.61. The third-order valence-corrected chi connectivity index (χ3v) is 5.28. The summed E-state index contributed by atoms with van der Waals surface area (Å²) in [6.07, 6.45) is 1.40. The van der Waals surface area contributed by atoms with Gasteiger partial charge < -0.3 is 20.1 Å². The van der Waals surface area contributed by atoms with Crippen molar-refractivity contribution in [2.24, 2.45) is 0 Å². The lowest BCUT2D eigenvalue weighted by Gasteiger charge is -2.36. The fourth-order valence-electron chi connectivity index (χ4n) is 3.61. The summed E-state index contributed by atoms with van der Waals surface area (Å²) < 4.78 is 14.0. The molecule has 1 unspecified atom stereocenters. The maximum absolute atomic E-state index is 14.0. The average molecular weight is 398 g/mol. The van der Waals surface area contributed by atoms with Crippen molar-refractivity contribution in [2.45, 2.75) is 13.0 Å². The van der Waals surface area contributed by atoms with Gasteiger partial charge in [-0.15, -0.1) is 0 Å². The molecule has 1 fully saturated rings. The van der Waals surface area contributed by atoms with Gasteiger partial charge in [-0.2, -0.15) is 0 Å². The van der Waals surface area contributed by atoms with E-state index in [1.165, 1.54) is 18.3 Å². The quantitative estimate of drug-likeness (QED) is 0.621. The Morgan fingerprint density at radius 3 is 2.72 bits per heavy atom. The smallest absolute Gasteiger partial charge is 0.325 e. The number of anilines is 1. The van der Waals surface area contributed by atoms with E-state index in [-0.39, 0.29) is 17.4 Å². The molecular weight excluding hydrogens is 375 g/mol. The number of carbonyl (C=O) groups is 1. The number of imidazole rings is 1. The molecule has 8 nitrogen and oxygen atoms in total. The van der Waals surface area contributed by atoms with Crippen LogP contribution in [0.2, 0.25) is 0 Å². The number of aromatic nitrogens is 3. The summed E-state index contributed by atoms with van der Waals surface area (Å²) in [6, 6.07) is 5.86. The molecule has 3 aromatic rings. The summed E-state index contributed by atoms with van der Waals surface area (Å²) in [5, 5.41) is 2.91. The van der Waals surface area contributed by atoms with Crippen LogP contribution in [-0.4, -0.2) is 59.0 Å². The Hall–Kier alpha value is -3.20. The topological polar surface area (TPSA) is 97.1 Å². The van der Waals surface area contributed by atoms with Crippen LogP contribution in [0, 0.1) is 5.82 Å². The minimum atomic E-state index is -0.408. The van der Waals surface area contributed by atoms with Crippen LogP contribution in [0.3, 0.4) is 0 Å². The second-order valence-electron chi connectivity index (χ2n) is 7.39. The number of hydrogen-bond acceptors (Lipinski definition) is 5. The van der Waals surface area contributed by atoms with Crippen LogP contribution in [0.4, 0.5) is 10.1 Å². The van der Waals surface area contributed by atoms with Crippen LogP contribution in [0.15, 0.2) is 35.3 Å². The van der Waals surface area contributed by atoms with Gasteiger partial charge in [-0.05, 0) is 38.2 Å². The van der Waals surface area contributed by atoms with E-state index in [9.17, 15) is 14.0 Å². The summed E-state index contributed by atoms with van der Waals surface area (Å²) in [5.74, 6) is -0.686. The zero-order valence-corrected chi connectivity index (χ0v) is 16.3. The first-order chi connectivity index (χ1) is 13.9. The van der Waals surface area contributed by atoms with E-state index in [1.807, 2.05) is 6.92 Å². The molecule has 152 valence electrons. The molecule has 29 heavy (non-hydrogen) atoms. The van der Waals surface area contributed by atoms with Crippen molar-refractivity contribution in [2.75, 3.05) is 38.1 Å². The minimum Gasteiger partial charge on any atom is -0.369 e. The number of hydrogen-bond donors (Lipinski definition) is 3. The predicted molar refractivity (Wildman–Crippen MR) is 109 cm³/mol. The summed E-state index contributed by atoms with van der Waals surface area (Å²) in [4.78, 5) is 37.8. The number of amides is 1. The van der Waals surface area contributed by atoms with Gasteiger partial charge in [-0.1, -0.05) is 0 Å². The summed E-state index contributed by atoms with van der Waals surface area (Å²) in [5.41, 5.74) is 2.44. The molecule has 1 aliphatic heterocycles. The molecule has 1 atom stereocenters. The van der Waals surface area contributed by atoms with E-state index in [2.05, 4.69) is 37.1 Å². The minimum absolute atomic E-state index is 0.317. The Morgan fingerprint density at radius 2 is 1.97 bits per heavy atom. The standard InChI is InChI=1S/C20H23FN6O2/c1-12(23-19(28)13-9-16-18(22-11-13)25-20(29)24-16)15-10-14(21)3-4-17(15)27-7-5-26(2)6-8-27/h3-4,9-12H,5-8H2,1-2H3,(H,23,28)(H2,22,24,25,29). The molecule has 0 saturated carbocycles. The SMILES string of the molecule is CC(NC(=O)c1cnc2[nH]c(=O)[nH]c2c1)c1cc(F)ccc1N1CCN(C)CC1. The van der Waals surface area contributed by atoms with Gasteiger partial charge >= 0.3 is 5.69 Å². The van der Waals surface area contributed by atoms with Crippen molar-refractivity contribution < 1.29 is 9.18 Å². The summed E-state index contributed by atoms with van der Waals surface area (Å²) >= 11 is 0. The highest BCUT2D eigenvalue weighted by atomic mass is 19.1. The van der Waals surface area contributed by atoms with Gasteiger partial charge in [-0.25, -0.2) is 14.2 Å². The monoisotopic (exact) mass is 398 g/mol. The van der Waals surface area contributed by atoms with Crippen LogP contribution in [0.5, 0.6) is 0 Å². The molecule has 0 radical (unpaired) electrons. The molecule has 3 N–H and O–H groups in total. The molecule has 1 aromatic carbocycles. The molecule has 1 saturated heterocycles. The number of halogens is 1. The number of nitrogens with zero attached hydrogens (tertiary/aromatic N) is 3. The van der Waals surface area contributed by atoms with Crippen LogP contribution >= 0.6 is 0 Å². The highest BCUT2D eigenvalue weighted by Crippen LogP contribution is 2.28. The molecule has 3 heterocycles. The van der Waals surface area contributed by atoms with Crippen molar-refractivity contribution in [3.8, 4) is 0 Å². The van der Waals surface area contributed by atoms with E-state index in [4.69, 9.17) is 0 Å². The van der Waals surface area contributed by atoms with Gasteiger partial charge in [0.2, 0.25) is 0 Å². The zero-order chi connectivity index (χ0) is 20.5. The molecule has 0 aliphatic carbocycles. The number of piperazine rings is 1. The molecular formula is C20H23FN6O2. The van der Waals surface area contributed by atoms with Crippen LogP contribution in [-0.2, 0) is 0 Å². The maximum Gasteiger partial charge on any atom is 0.325 e. The molecule has 2 aromatic heterocycles. The van der Waals surface area contributed by atoms with Crippen molar-refractivity contribution in [1.29, 1.82) is 0 Å². The number of nitrogens with one attached hydrogen (secondary N) is 3. The number of fused-ring (bicyclic) bond motifs is 1. The van der Waals surface area contributed by atoms with Gasteiger partial charge in [0.15, 0.2) is 5.65 Å². The fraction of sp³-hybridized carbons (Fsp3) is 0.350. The van der Waals surface area contributed by atoms with Gasteiger partial charge in [0.25, 0.3) is 5.91 Å². The zero-order valence-electron chi connectivity index (χ0n) is 16.3. The van der Waals surface area contributed by atoms with Gasteiger partial charge in [0, 0.05) is 43.6 Å². The van der Waals surface area contributed by atoms with Gasteiger partial charge in [0.1, 0.15) is 5.82 Å². The van der Waals surface area contributed by atoms with Crippen molar-refractivity contribution in [1.82, 2.24) is 25.2 Å². The first-order valence-electron chi connectivity index (χ1n) is 9.52. The van der Waals surface area contributed by atoms with Crippen molar-refractivity contribution >= 4 is 22.8 Å². The highest BCUT2D eigenvalue weighted by Gasteiger charge is 2.21. The molecule has 0 bridgehead atoms. The number of likely N-dealkylation sites (N-methyl/N-ethyl adjacent to an activating group) is 1. The van der Waals surface area contributed by atoms with Crippen molar-refractivity contribution in [3.63, 3.8) is 0 Å². The second kappa shape index (κ2) is 7.67. The lowest BCUT2D eigenvalue weighted by Crippen LogP contribution is -2.45. The average Bonchev–Trinajstić information content (AvgIpc) is 3.07. The number of carbonyl (C=O) groups excluding carboxylic acids is 1. The Balaban J connectivity index is 1.56. The largest absolute Gasteiger partial charge is 0.369 e. The molecule has 1 aliphatic rings. The molecule has 4 rings (SSSR count). The van der Waals surface area contributed by atoms with E-state index in [0.29, 0.717) is 16.7 Å². The highest BCUT2D eigenvalue weighted by molar-refractivity contribution is 5.96. The van der Waals surface area contributed by atoms with E-state index >= 15 is 0 Å². The Bertz CT molecular complexity index is 1100. The normalized spacial score (nSPS) is 16.2. The van der Waals surface area contributed by atoms with Gasteiger partial charge in [0.05, 0.1) is 17.1 Å². The molecule has 9 heteroatoms. The predicted octanol–water partition coefficient (Wildman–Crippen LogP) is 1.63. The molecule has 1 amide bonds. The lowest BCUT2D eigenvalue weighted by atomic mass is 10.0. The van der Waals surface area contributed by atoms with Crippen LogP contribution in [0.25, 0.3) is 11.2 Å². The lowest BCUT2D eigenvalue weighted by molar-refractivity contribution is 0.0939.